The Kier molecular flexibility index (Phi) is 3.26. The predicted molar refractivity (Wildman–Crippen MR) is 76.7 cm³/mol. The smallest absolute Gasteiger partial charge is 0.309 e. The van der Waals surface area contributed by atoms with E-state index >= 15 is 0 Å². The Morgan fingerprint density at radius 1 is 1.45 bits per heavy atom. The van der Waals surface area contributed by atoms with E-state index in [1.165, 1.54) is 10.9 Å². The number of hydrogen-bond donors (Lipinski definition) is 1. The van der Waals surface area contributed by atoms with Gasteiger partial charge in [-0.15, -0.1) is 0 Å². The lowest BCUT2D eigenvalue weighted by molar-refractivity contribution is -0.148. The minimum absolute atomic E-state index is 0.132. The molecular weight excluding hydrogens is 254 g/mol. The maximum absolute atomic E-state index is 10.9. The van der Waals surface area contributed by atoms with E-state index < -0.39 is 5.97 Å². The molecular formula is C16H19NO3. The van der Waals surface area contributed by atoms with Gasteiger partial charge in [-0.3, -0.25) is 9.69 Å². The van der Waals surface area contributed by atoms with Crippen LogP contribution in [0.4, 0.5) is 0 Å². The number of fused-ring (bicyclic) bond motifs is 1. The van der Waals surface area contributed by atoms with E-state index in [2.05, 4.69) is 24.8 Å². The zero-order valence-electron chi connectivity index (χ0n) is 11.8. The van der Waals surface area contributed by atoms with Crippen molar-refractivity contribution in [2.24, 2.45) is 5.92 Å². The van der Waals surface area contributed by atoms with E-state index in [1.54, 1.807) is 0 Å². The van der Waals surface area contributed by atoms with Crippen LogP contribution in [0.15, 0.2) is 28.7 Å². The average Bonchev–Trinajstić information content (AvgIpc) is 2.74. The summed E-state index contributed by atoms with van der Waals surface area (Å²) in [6.45, 7) is 5.44. The molecule has 3 rings (SSSR count). The van der Waals surface area contributed by atoms with Crippen LogP contribution in [0.1, 0.15) is 31.2 Å². The highest BCUT2D eigenvalue weighted by Crippen LogP contribution is 2.35. The molecule has 0 bridgehead atoms. The molecule has 2 aromatic rings. The number of nitrogens with zero attached hydrogens (tertiary/aromatic N) is 1. The first kappa shape index (κ1) is 13.2. The average molecular weight is 273 g/mol. The first-order chi connectivity index (χ1) is 9.61. The standard InChI is InChI=1S/C16H19NO3/c1-3-12-13-6-4-5-7-14(13)20-15(12)10(2)17-8-11(9-17)16(18)19/h4-7,10-11H,3,8-9H2,1-2H3,(H,18,19). The molecule has 4 heteroatoms. The molecule has 20 heavy (non-hydrogen) atoms. The van der Waals surface area contributed by atoms with Crippen LogP contribution in [0.25, 0.3) is 11.0 Å². The first-order valence-corrected chi connectivity index (χ1v) is 7.09. The van der Waals surface area contributed by atoms with Gasteiger partial charge in [-0.25, -0.2) is 0 Å². The minimum Gasteiger partial charge on any atom is -0.481 e. The molecule has 0 spiro atoms. The molecule has 1 aromatic carbocycles. The second-order valence-electron chi connectivity index (χ2n) is 5.46. The maximum atomic E-state index is 10.9. The van der Waals surface area contributed by atoms with Crippen molar-refractivity contribution in [1.29, 1.82) is 0 Å². The lowest BCUT2D eigenvalue weighted by atomic mass is 9.95. The van der Waals surface area contributed by atoms with Crippen LogP contribution in [0.5, 0.6) is 0 Å². The molecule has 1 aliphatic rings. The molecule has 1 saturated heterocycles. The lowest BCUT2D eigenvalue weighted by Gasteiger charge is -2.40. The molecule has 1 unspecified atom stereocenters. The van der Waals surface area contributed by atoms with Gasteiger partial charge < -0.3 is 9.52 Å². The Labute approximate surface area is 118 Å². The third-order valence-corrected chi connectivity index (χ3v) is 4.27. The van der Waals surface area contributed by atoms with Crippen LogP contribution in [-0.4, -0.2) is 29.1 Å². The molecule has 106 valence electrons. The van der Waals surface area contributed by atoms with Gasteiger partial charge in [0.1, 0.15) is 11.3 Å². The quantitative estimate of drug-likeness (QED) is 0.930. The monoisotopic (exact) mass is 273 g/mol. The van der Waals surface area contributed by atoms with Crippen molar-refractivity contribution in [3.63, 3.8) is 0 Å². The molecule has 4 nitrogen and oxygen atoms in total. The first-order valence-electron chi connectivity index (χ1n) is 7.09. The number of carboxylic acid groups (broad SMARTS) is 1. The fraction of sp³-hybridized carbons (Fsp3) is 0.438. The summed E-state index contributed by atoms with van der Waals surface area (Å²) >= 11 is 0. The second kappa shape index (κ2) is 4.94. The van der Waals surface area contributed by atoms with Crippen molar-refractivity contribution >= 4 is 16.9 Å². The number of benzene rings is 1. The van der Waals surface area contributed by atoms with E-state index in [0.717, 1.165) is 17.8 Å². The Morgan fingerprint density at radius 2 is 2.15 bits per heavy atom. The number of aryl methyl sites for hydroxylation is 1. The van der Waals surface area contributed by atoms with Crippen molar-refractivity contribution < 1.29 is 14.3 Å². The topological polar surface area (TPSA) is 53.7 Å². The molecule has 0 saturated carbocycles. The summed E-state index contributed by atoms with van der Waals surface area (Å²) in [5, 5.41) is 10.1. The zero-order chi connectivity index (χ0) is 14.3. The summed E-state index contributed by atoms with van der Waals surface area (Å²) in [4.78, 5) is 13.1. The molecule has 0 radical (unpaired) electrons. The summed E-state index contributed by atoms with van der Waals surface area (Å²) in [7, 11) is 0. The third kappa shape index (κ3) is 2.00. The largest absolute Gasteiger partial charge is 0.481 e. The van der Waals surface area contributed by atoms with Crippen molar-refractivity contribution in [2.75, 3.05) is 13.1 Å². The number of likely N-dealkylation sites (tertiary alicyclic amines) is 1. The molecule has 1 N–H and O–H groups in total. The van der Waals surface area contributed by atoms with Gasteiger partial charge in [-0.05, 0) is 19.4 Å². The normalized spacial score (nSPS) is 18.1. The van der Waals surface area contributed by atoms with Gasteiger partial charge >= 0.3 is 5.97 Å². The fourth-order valence-electron chi connectivity index (χ4n) is 2.97. The third-order valence-electron chi connectivity index (χ3n) is 4.27. The molecule has 0 aliphatic carbocycles. The van der Waals surface area contributed by atoms with Crippen molar-refractivity contribution in [2.45, 2.75) is 26.3 Å². The fourth-order valence-corrected chi connectivity index (χ4v) is 2.97. The highest BCUT2D eigenvalue weighted by molar-refractivity contribution is 5.82. The summed E-state index contributed by atoms with van der Waals surface area (Å²) in [5.41, 5.74) is 2.16. The molecule has 1 aromatic heterocycles. The van der Waals surface area contributed by atoms with E-state index in [9.17, 15) is 4.79 Å². The van der Waals surface area contributed by atoms with Gasteiger partial charge in [-0.2, -0.15) is 0 Å². The SMILES string of the molecule is CCc1c(C(C)N2CC(C(=O)O)C2)oc2ccccc12. The van der Waals surface area contributed by atoms with Gasteiger partial charge in [0, 0.05) is 24.0 Å². The number of carboxylic acids is 1. The number of carbonyl (C=O) groups is 1. The molecule has 1 aliphatic heterocycles. The zero-order valence-corrected chi connectivity index (χ0v) is 11.8. The van der Waals surface area contributed by atoms with Crippen molar-refractivity contribution in [1.82, 2.24) is 4.90 Å². The Bertz CT molecular complexity index is 640. The van der Waals surface area contributed by atoms with E-state index in [0.29, 0.717) is 13.1 Å². The number of hydrogen-bond acceptors (Lipinski definition) is 3. The predicted octanol–water partition coefficient (Wildman–Crippen LogP) is 3.07. The van der Waals surface area contributed by atoms with Gasteiger partial charge in [0.2, 0.25) is 0 Å². The maximum Gasteiger partial charge on any atom is 0.309 e. The van der Waals surface area contributed by atoms with Crippen molar-refractivity contribution in [3.8, 4) is 0 Å². The summed E-state index contributed by atoms with van der Waals surface area (Å²) in [6, 6.07) is 8.21. The lowest BCUT2D eigenvalue weighted by Crippen LogP contribution is -2.51. The van der Waals surface area contributed by atoms with E-state index in [4.69, 9.17) is 9.52 Å². The van der Waals surface area contributed by atoms with Crippen LogP contribution >= 0.6 is 0 Å². The number of aliphatic carboxylic acids is 1. The Morgan fingerprint density at radius 3 is 2.80 bits per heavy atom. The van der Waals surface area contributed by atoms with Crippen LogP contribution < -0.4 is 0 Å². The number of furan rings is 1. The van der Waals surface area contributed by atoms with Gasteiger partial charge in [0.15, 0.2) is 0 Å². The van der Waals surface area contributed by atoms with E-state index in [1.807, 2.05) is 18.2 Å². The molecule has 0 amide bonds. The summed E-state index contributed by atoms with van der Waals surface area (Å²) in [5.74, 6) is 0.0539. The minimum atomic E-state index is -0.700. The molecule has 1 fully saturated rings. The summed E-state index contributed by atoms with van der Waals surface area (Å²) < 4.78 is 6.02. The van der Waals surface area contributed by atoms with Crippen LogP contribution in [0, 0.1) is 5.92 Å². The van der Waals surface area contributed by atoms with Crippen LogP contribution in [0.2, 0.25) is 0 Å². The second-order valence-corrected chi connectivity index (χ2v) is 5.46. The van der Waals surface area contributed by atoms with Crippen molar-refractivity contribution in [3.05, 3.63) is 35.6 Å². The molecule has 1 atom stereocenters. The number of rotatable bonds is 4. The highest BCUT2D eigenvalue weighted by Gasteiger charge is 2.37. The van der Waals surface area contributed by atoms with Crippen LogP contribution in [-0.2, 0) is 11.2 Å². The van der Waals surface area contributed by atoms with Crippen LogP contribution in [0.3, 0.4) is 0 Å². The Hall–Kier alpha value is -1.81. The van der Waals surface area contributed by atoms with E-state index in [-0.39, 0.29) is 12.0 Å². The van der Waals surface area contributed by atoms with Gasteiger partial charge in [0.25, 0.3) is 0 Å². The number of para-hydroxylation sites is 1. The van der Waals surface area contributed by atoms with Gasteiger partial charge in [-0.1, -0.05) is 25.1 Å². The van der Waals surface area contributed by atoms with Gasteiger partial charge in [0.05, 0.1) is 12.0 Å². The summed E-state index contributed by atoms with van der Waals surface area (Å²) in [6.07, 6.45) is 0.923. The highest BCUT2D eigenvalue weighted by atomic mass is 16.4. The Balaban J connectivity index is 1.88. The molecule has 2 heterocycles.